The van der Waals surface area contributed by atoms with Crippen LogP contribution in [0.2, 0.25) is 0 Å². The number of allylic oxidation sites excluding steroid dienone is 3. The van der Waals surface area contributed by atoms with Gasteiger partial charge in [0.15, 0.2) is 11.6 Å². The highest BCUT2D eigenvalue weighted by atomic mass is 16.5. The third-order valence-corrected chi connectivity index (χ3v) is 6.37. The zero-order chi connectivity index (χ0) is 24.4. The summed E-state index contributed by atoms with van der Waals surface area (Å²) in [5, 5.41) is 17.7. The summed E-state index contributed by atoms with van der Waals surface area (Å²) >= 11 is 0. The van der Waals surface area contributed by atoms with Gasteiger partial charge in [0, 0.05) is 23.8 Å². The highest BCUT2D eigenvalue weighted by Gasteiger charge is 2.40. The summed E-state index contributed by atoms with van der Waals surface area (Å²) in [5.74, 6) is 1.05. The van der Waals surface area contributed by atoms with Crippen molar-refractivity contribution in [2.75, 3.05) is 11.5 Å². The molecule has 2 heterocycles. The first-order chi connectivity index (χ1) is 17.1. The second kappa shape index (κ2) is 9.35. The van der Waals surface area contributed by atoms with Gasteiger partial charge in [-0.2, -0.15) is 10.4 Å². The predicted molar refractivity (Wildman–Crippen MR) is 134 cm³/mol. The Morgan fingerprint density at radius 3 is 2.69 bits per heavy atom. The molecule has 7 heteroatoms. The van der Waals surface area contributed by atoms with Crippen molar-refractivity contribution in [1.29, 1.82) is 5.26 Å². The van der Waals surface area contributed by atoms with Crippen molar-refractivity contribution in [1.82, 2.24) is 10.2 Å². The molecule has 0 fully saturated rings. The second-order valence-corrected chi connectivity index (χ2v) is 8.49. The van der Waals surface area contributed by atoms with Crippen LogP contribution < -0.4 is 15.4 Å². The number of nitrogens with zero attached hydrogens (tertiary/aromatic N) is 3. The SMILES string of the molecule is C=CCOc1ccc(C2C(C#N)=C(N)N(c3cc(-c4ccccc4)[nH]n3)C3=C2C(=O)CCC3)cc1. The number of nitrogens with one attached hydrogen (secondary N) is 1. The van der Waals surface area contributed by atoms with Crippen LogP contribution in [0.5, 0.6) is 5.75 Å². The average Bonchev–Trinajstić information content (AvgIpc) is 3.37. The number of ether oxygens (including phenoxy) is 1. The molecule has 2 aliphatic rings. The third kappa shape index (κ3) is 4.00. The molecule has 0 bridgehead atoms. The summed E-state index contributed by atoms with van der Waals surface area (Å²) in [6.07, 6.45) is 3.51. The Bertz CT molecular complexity index is 1380. The zero-order valence-corrected chi connectivity index (χ0v) is 19.2. The standard InChI is InChI=1S/C28H25N5O2/c1-2-15-35-20-13-11-19(12-14-20)26-21(17-29)28(30)33(23-9-6-10-24(34)27(23)26)25-16-22(31-32-25)18-7-4-3-5-8-18/h2-5,7-8,11-14,16,26H,1,6,9-10,15,30H2,(H,31,32). The van der Waals surface area contributed by atoms with Crippen LogP contribution >= 0.6 is 0 Å². The molecule has 1 aromatic heterocycles. The molecule has 0 saturated heterocycles. The lowest BCUT2D eigenvalue weighted by Crippen LogP contribution is -2.38. The molecule has 3 N–H and O–H groups in total. The first kappa shape index (κ1) is 22.2. The number of carbonyl (C=O) groups is 1. The number of H-pyrrole nitrogens is 1. The quantitative estimate of drug-likeness (QED) is 0.501. The van der Waals surface area contributed by atoms with Crippen molar-refractivity contribution in [2.24, 2.45) is 5.73 Å². The summed E-state index contributed by atoms with van der Waals surface area (Å²) in [5.41, 5.74) is 11.0. The number of nitrogens with two attached hydrogens (primary N) is 1. The van der Waals surface area contributed by atoms with E-state index in [1.165, 1.54) is 0 Å². The van der Waals surface area contributed by atoms with Crippen molar-refractivity contribution in [3.63, 3.8) is 0 Å². The Labute approximate surface area is 203 Å². The number of nitriles is 1. The number of ketones is 1. The van der Waals surface area contributed by atoms with Gasteiger partial charge in [0.1, 0.15) is 18.2 Å². The number of aromatic nitrogens is 2. The largest absolute Gasteiger partial charge is 0.490 e. The van der Waals surface area contributed by atoms with Crippen molar-refractivity contribution in [2.45, 2.75) is 25.2 Å². The van der Waals surface area contributed by atoms with Crippen LogP contribution in [-0.4, -0.2) is 22.6 Å². The van der Waals surface area contributed by atoms with Crippen LogP contribution in [0.1, 0.15) is 30.7 Å². The fourth-order valence-corrected chi connectivity index (χ4v) is 4.78. The maximum absolute atomic E-state index is 13.3. The smallest absolute Gasteiger partial charge is 0.161 e. The number of carbonyl (C=O) groups excluding carboxylic acids is 1. The molecule has 35 heavy (non-hydrogen) atoms. The minimum Gasteiger partial charge on any atom is -0.490 e. The van der Waals surface area contributed by atoms with Gasteiger partial charge in [-0.25, -0.2) is 0 Å². The Morgan fingerprint density at radius 1 is 1.20 bits per heavy atom. The lowest BCUT2D eigenvalue weighted by atomic mass is 9.75. The molecule has 0 spiro atoms. The third-order valence-electron chi connectivity index (χ3n) is 6.37. The zero-order valence-electron chi connectivity index (χ0n) is 19.2. The van der Waals surface area contributed by atoms with Crippen molar-refractivity contribution >= 4 is 11.6 Å². The molecule has 7 nitrogen and oxygen atoms in total. The first-order valence-electron chi connectivity index (χ1n) is 11.5. The molecule has 0 radical (unpaired) electrons. The number of hydrogen-bond acceptors (Lipinski definition) is 6. The lowest BCUT2D eigenvalue weighted by Gasteiger charge is -2.38. The van der Waals surface area contributed by atoms with Crippen molar-refractivity contribution < 1.29 is 9.53 Å². The van der Waals surface area contributed by atoms with E-state index in [9.17, 15) is 10.1 Å². The fourth-order valence-electron chi connectivity index (χ4n) is 4.78. The maximum Gasteiger partial charge on any atom is 0.161 e. The van der Waals surface area contributed by atoms with Gasteiger partial charge in [0.25, 0.3) is 0 Å². The molecule has 3 aromatic rings. The minimum absolute atomic E-state index is 0.0345. The van der Waals surface area contributed by atoms with Crippen LogP contribution in [0, 0.1) is 11.3 Å². The van der Waals surface area contributed by atoms with Crippen LogP contribution in [-0.2, 0) is 4.79 Å². The molecule has 2 aromatic carbocycles. The molecule has 0 saturated carbocycles. The Hall–Kier alpha value is -4.57. The monoisotopic (exact) mass is 463 g/mol. The molecule has 1 unspecified atom stereocenters. The van der Waals surface area contributed by atoms with Gasteiger partial charge in [-0.05, 0) is 36.1 Å². The first-order valence-corrected chi connectivity index (χ1v) is 11.5. The highest BCUT2D eigenvalue weighted by Crippen LogP contribution is 2.46. The van der Waals surface area contributed by atoms with E-state index >= 15 is 0 Å². The van der Waals surface area contributed by atoms with Gasteiger partial charge < -0.3 is 10.5 Å². The summed E-state index contributed by atoms with van der Waals surface area (Å²) in [7, 11) is 0. The Kier molecular flexibility index (Phi) is 5.94. The molecule has 1 aliphatic carbocycles. The van der Waals surface area contributed by atoms with E-state index in [-0.39, 0.29) is 5.78 Å². The van der Waals surface area contributed by atoms with E-state index in [0.29, 0.717) is 48.0 Å². The van der Waals surface area contributed by atoms with Gasteiger partial charge in [0.05, 0.1) is 23.3 Å². The van der Waals surface area contributed by atoms with Gasteiger partial charge in [-0.1, -0.05) is 55.1 Å². The van der Waals surface area contributed by atoms with Crippen molar-refractivity contribution in [3.05, 3.63) is 102 Å². The number of benzene rings is 2. The van der Waals surface area contributed by atoms with Gasteiger partial charge in [-0.3, -0.25) is 14.8 Å². The number of hydrogen-bond donors (Lipinski definition) is 2. The number of Topliss-reactive ketones (excluding diaryl/α,β-unsaturated/α-hetero) is 1. The topological polar surface area (TPSA) is 108 Å². The van der Waals surface area contributed by atoms with E-state index < -0.39 is 5.92 Å². The van der Waals surface area contributed by atoms with E-state index in [1.54, 1.807) is 11.0 Å². The molecule has 1 aliphatic heterocycles. The summed E-state index contributed by atoms with van der Waals surface area (Å²) in [6, 6.07) is 21.5. The van der Waals surface area contributed by atoms with Gasteiger partial charge >= 0.3 is 0 Å². The number of rotatable bonds is 6. The minimum atomic E-state index is -0.528. The van der Waals surface area contributed by atoms with E-state index in [1.807, 2.05) is 60.7 Å². The normalized spacial score (nSPS) is 17.7. The van der Waals surface area contributed by atoms with Crippen LogP contribution in [0.4, 0.5) is 5.82 Å². The molecule has 5 rings (SSSR count). The Morgan fingerprint density at radius 2 is 1.97 bits per heavy atom. The van der Waals surface area contributed by atoms with Crippen molar-refractivity contribution in [3.8, 4) is 23.1 Å². The molecule has 1 atom stereocenters. The van der Waals surface area contributed by atoms with Gasteiger partial charge in [0.2, 0.25) is 0 Å². The fraction of sp³-hybridized carbons (Fsp3) is 0.179. The van der Waals surface area contributed by atoms with Crippen LogP contribution in [0.25, 0.3) is 11.3 Å². The van der Waals surface area contributed by atoms with Crippen LogP contribution in [0.15, 0.2) is 96.0 Å². The predicted octanol–water partition coefficient (Wildman–Crippen LogP) is 4.95. The molecule has 0 amide bonds. The van der Waals surface area contributed by atoms with E-state index in [0.717, 1.165) is 28.9 Å². The van der Waals surface area contributed by atoms with E-state index in [2.05, 4.69) is 22.8 Å². The van der Waals surface area contributed by atoms with E-state index in [4.69, 9.17) is 10.5 Å². The molecular formula is C28H25N5O2. The Balaban J connectivity index is 1.60. The summed E-state index contributed by atoms with van der Waals surface area (Å²) in [4.78, 5) is 15.0. The van der Waals surface area contributed by atoms with Gasteiger partial charge in [-0.15, -0.1) is 0 Å². The highest BCUT2D eigenvalue weighted by molar-refractivity contribution is 6.01. The average molecular weight is 464 g/mol. The molecular weight excluding hydrogens is 438 g/mol. The van der Waals surface area contributed by atoms with Crippen LogP contribution in [0.3, 0.4) is 0 Å². The number of anilines is 1. The molecule has 174 valence electrons. The second-order valence-electron chi connectivity index (χ2n) is 8.49. The maximum atomic E-state index is 13.3. The summed E-state index contributed by atoms with van der Waals surface area (Å²) in [6.45, 7) is 4.06. The summed E-state index contributed by atoms with van der Waals surface area (Å²) < 4.78 is 5.59. The lowest BCUT2D eigenvalue weighted by molar-refractivity contribution is -0.116. The number of aromatic amines is 1.